The molecule has 0 spiro atoms. The number of aliphatic carboxylic acids is 1. The molecule has 1 aromatic heterocycles. The summed E-state index contributed by atoms with van der Waals surface area (Å²) in [4.78, 5) is 36.5. The summed E-state index contributed by atoms with van der Waals surface area (Å²) in [6.45, 7) is 1.83. The number of hydrogen-bond donors (Lipinski definition) is 1. The summed E-state index contributed by atoms with van der Waals surface area (Å²) in [6, 6.07) is 6.48. The van der Waals surface area contributed by atoms with Crippen LogP contribution in [-0.2, 0) is 9.59 Å². The van der Waals surface area contributed by atoms with Crippen LogP contribution in [0.4, 0.5) is 5.69 Å². The molecule has 11 heteroatoms. The van der Waals surface area contributed by atoms with Gasteiger partial charge in [0.25, 0.3) is 11.6 Å². The predicted octanol–water partition coefficient (Wildman–Crippen LogP) is 4.32. The van der Waals surface area contributed by atoms with Gasteiger partial charge in [-0.1, -0.05) is 37.3 Å². The number of hydrogen-bond acceptors (Lipinski definition) is 8. The van der Waals surface area contributed by atoms with Crippen LogP contribution in [0.3, 0.4) is 0 Å². The first-order valence-corrected chi connectivity index (χ1v) is 10.4. The van der Waals surface area contributed by atoms with Crippen molar-refractivity contribution in [2.75, 3.05) is 7.11 Å². The summed E-state index contributed by atoms with van der Waals surface area (Å²) in [6.07, 6.45) is 2.30. The van der Waals surface area contributed by atoms with Crippen LogP contribution in [0.1, 0.15) is 25.5 Å². The normalized spacial score (nSPS) is 16.1. The molecular formula is C20H18N2O7S2. The lowest BCUT2D eigenvalue weighted by molar-refractivity contribution is -0.384. The summed E-state index contributed by atoms with van der Waals surface area (Å²) in [5.74, 6) is -0.768. The summed E-state index contributed by atoms with van der Waals surface area (Å²) in [7, 11) is 1.41. The van der Waals surface area contributed by atoms with Gasteiger partial charge in [-0.25, -0.2) is 4.79 Å². The Kier molecular flexibility index (Phi) is 6.76. The van der Waals surface area contributed by atoms with Crippen LogP contribution in [-0.4, -0.2) is 44.3 Å². The molecular weight excluding hydrogens is 444 g/mol. The molecule has 1 atom stereocenters. The number of benzene rings is 1. The number of thioether (sulfide) groups is 1. The van der Waals surface area contributed by atoms with E-state index in [0.29, 0.717) is 12.2 Å². The van der Waals surface area contributed by atoms with E-state index in [1.54, 1.807) is 18.2 Å². The lowest BCUT2D eigenvalue weighted by Gasteiger charge is -2.22. The number of carboxylic acid groups (broad SMARTS) is 1. The number of carbonyl (C=O) groups is 2. The van der Waals surface area contributed by atoms with Gasteiger partial charge in [0.15, 0.2) is 0 Å². The molecule has 1 aliphatic heterocycles. The number of rotatable bonds is 8. The number of methoxy groups -OCH3 is 1. The second kappa shape index (κ2) is 9.31. The Morgan fingerprint density at radius 3 is 2.77 bits per heavy atom. The molecule has 162 valence electrons. The molecule has 1 aromatic carbocycles. The number of ether oxygens (including phenoxy) is 1. The van der Waals surface area contributed by atoms with E-state index in [2.05, 4.69) is 0 Å². The van der Waals surface area contributed by atoms with E-state index >= 15 is 0 Å². The fraction of sp³-hybridized carbons (Fsp3) is 0.250. The quantitative estimate of drug-likeness (QED) is 0.264. The van der Waals surface area contributed by atoms with Crippen LogP contribution < -0.4 is 4.74 Å². The Morgan fingerprint density at radius 2 is 2.16 bits per heavy atom. The van der Waals surface area contributed by atoms with Crippen LogP contribution in [0.5, 0.6) is 5.75 Å². The van der Waals surface area contributed by atoms with E-state index in [-0.39, 0.29) is 38.4 Å². The van der Waals surface area contributed by atoms with E-state index in [4.69, 9.17) is 21.4 Å². The number of furan rings is 1. The smallest absolute Gasteiger partial charge is 0.326 e. The van der Waals surface area contributed by atoms with Crippen LogP contribution in [0.15, 0.2) is 39.7 Å². The van der Waals surface area contributed by atoms with Crippen molar-refractivity contribution < 1.29 is 28.8 Å². The average molecular weight is 463 g/mol. The Morgan fingerprint density at radius 1 is 1.42 bits per heavy atom. The summed E-state index contributed by atoms with van der Waals surface area (Å²) in [5, 5.41) is 20.9. The highest BCUT2D eigenvalue weighted by Crippen LogP contribution is 2.37. The van der Waals surface area contributed by atoms with Crippen LogP contribution in [0, 0.1) is 10.1 Å². The molecule has 0 unspecified atom stereocenters. The maximum Gasteiger partial charge on any atom is 0.326 e. The van der Waals surface area contributed by atoms with Gasteiger partial charge in [-0.05, 0) is 30.7 Å². The van der Waals surface area contributed by atoms with Crippen molar-refractivity contribution in [2.45, 2.75) is 25.8 Å². The third kappa shape index (κ3) is 4.62. The molecule has 0 saturated carbocycles. The lowest BCUT2D eigenvalue weighted by Crippen LogP contribution is -2.43. The standard InChI is InChI=1S/C20H18N2O7S2/c1-3-4-14(19(24)25)21-18(23)17(31-20(21)30)10-12-6-8-16(29-12)13-7-5-11(28-2)9-15(13)22(26)27/h5-10,14H,3-4H2,1-2H3,(H,24,25)/b17-10-/t14-/m1/s1. The van der Waals surface area contributed by atoms with E-state index in [1.165, 1.54) is 25.3 Å². The van der Waals surface area contributed by atoms with Gasteiger partial charge >= 0.3 is 5.97 Å². The molecule has 1 aliphatic rings. The second-order valence-electron chi connectivity index (χ2n) is 6.54. The van der Waals surface area contributed by atoms with Crippen molar-refractivity contribution in [1.82, 2.24) is 4.90 Å². The fourth-order valence-electron chi connectivity index (χ4n) is 3.09. The topological polar surface area (TPSA) is 123 Å². The van der Waals surface area contributed by atoms with Gasteiger partial charge in [-0.3, -0.25) is 19.8 Å². The molecule has 0 radical (unpaired) electrons. The third-order valence-electron chi connectivity index (χ3n) is 4.55. The molecule has 0 aliphatic carbocycles. The predicted molar refractivity (Wildman–Crippen MR) is 119 cm³/mol. The molecule has 2 aromatic rings. The molecule has 1 fully saturated rings. The van der Waals surface area contributed by atoms with Crippen LogP contribution >= 0.6 is 24.0 Å². The molecule has 0 bridgehead atoms. The number of thiocarbonyl (C=S) groups is 1. The van der Waals surface area contributed by atoms with Gasteiger partial charge in [0.2, 0.25) is 0 Å². The largest absolute Gasteiger partial charge is 0.497 e. The maximum atomic E-state index is 12.8. The zero-order valence-electron chi connectivity index (χ0n) is 16.6. The number of carbonyl (C=O) groups excluding carboxylic acids is 1. The molecule has 2 heterocycles. The molecule has 3 rings (SSSR count). The minimum atomic E-state index is -1.12. The highest BCUT2D eigenvalue weighted by atomic mass is 32.2. The van der Waals surface area contributed by atoms with Crippen molar-refractivity contribution in [3.63, 3.8) is 0 Å². The van der Waals surface area contributed by atoms with Gasteiger partial charge in [0, 0.05) is 6.08 Å². The minimum Gasteiger partial charge on any atom is -0.497 e. The first-order valence-electron chi connectivity index (χ1n) is 9.19. The third-order valence-corrected chi connectivity index (χ3v) is 5.88. The number of amides is 1. The van der Waals surface area contributed by atoms with Gasteiger partial charge in [-0.15, -0.1) is 0 Å². The fourth-order valence-corrected chi connectivity index (χ4v) is 4.42. The molecule has 9 nitrogen and oxygen atoms in total. The molecule has 1 N–H and O–H groups in total. The van der Waals surface area contributed by atoms with Crippen molar-refractivity contribution in [2.24, 2.45) is 0 Å². The van der Waals surface area contributed by atoms with E-state index < -0.39 is 22.8 Å². The Balaban J connectivity index is 1.91. The van der Waals surface area contributed by atoms with Crippen molar-refractivity contribution in [3.05, 3.63) is 51.1 Å². The van der Waals surface area contributed by atoms with E-state index in [0.717, 1.165) is 16.7 Å². The highest BCUT2D eigenvalue weighted by Gasteiger charge is 2.40. The monoisotopic (exact) mass is 462 g/mol. The lowest BCUT2D eigenvalue weighted by atomic mass is 10.1. The average Bonchev–Trinajstić information content (AvgIpc) is 3.30. The zero-order chi connectivity index (χ0) is 22.7. The SMILES string of the molecule is CCC[C@H](C(=O)O)N1C(=O)/C(=C/c2ccc(-c3ccc(OC)cc3[N+](=O)[O-])o2)SC1=S. The Hall–Kier alpha value is -3.18. The molecule has 1 saturated heterocycles. The van der Waals surface area contributed by atoms with Crippen LogP contribution in [0.2, 0.25) is 0 Å². The summed E-state index contributed by atoms with van der Waals surface area (Å²) in [5.41, 5.74) is 0.0716. The highest BCUT2D eigenvalue weighted by molar-refractivity contribution is 8.26. The van der Waals surface area contributed by atoms with Crippen molar-refractivity contribution in [1.29, 1.82) is 0 Å². The van der Waals surface area contributed by atoms with E-state index in [9.17, 15) is 24.8 Å². The van der Waals surface area contributed by atoms with Crippen molar-refractivity contribution in [3.8, 4) is 17.1 Å². The number of nitro benzene ring substituents is 1. The second-order valence-corrected chi connectivity index (χ2v) is 8.21. The van der Waals surface area contributed by atoms with Gasteiger partial charge in [0.1, 0.15) is 27.6 Å². The Labute approximate surface area is 186 Å². The zero-order valence-corrected chi connectivity index (χ0v) is 18.2. The summed E-state index contributed by atoms with van der Waals surface area (Å²) < 4.78 is 10.9. The first-order chi connectivity index (χ1) is 14.8. The van der Waals surface area contributed by atoms with Crippen molar-refractivity contribution >= 4 is 51.9 Å². The first kappa shape index (κ1) is 22.5. The van der Waals surface area contributed by atoms with Crippen LogP contribution in [0.25, 0.3) is 17.4 Å². The Bertz CT molecular complexity index is 1090. The van der Waals surface area contributed by atoms with Gasteiger partial charge < -0.3 is 14.3 Å². The number of nitrogens with zero attached hydrogens (tertiary/aromatic N) is 2. The maximum absolute atomic E-state index is 12.8. The minimum absolute atomic E-state index is 0.162. The van der Waals surface area contributed by atoms with Gasteiger partial charge in [-0.2, -0.15) is 0 Å². The molecule has 1 amide bonds. The van der Waals surface area contributed by atoms with E-state index in [1.807, 2.05) is 6.92 Å². The van der Waals surface area contributed by atoms with Gasteiger partial charge in [0.05, 0.1) is 28.6 Å². The number of carboxylic acids is 1. The summed E-state index contributed by atoms with van der Waals surface area (Å²) >= 11 is 6.21. The number of nitro groups is 1. The molecule has 31 heavy (non-hydrogen) atoms.